The van der Waals surface area contributed by atoms with Crippen LogP contribution in [-0.2, 0) is 11.2 Å². The highest BCUT2D eigenvalue weighted by Gasteiger charge is 2.56. The van der Waals surface area contributed by atoms with E-state index in [1.807, 2.05) is 34.1 Å². The van der Waals surface area contributed by atoms with Crippen LogP contribution < -0.4 is 10.2 Å². The fourth-order valence-electron chi connectivity index (χ4n) is 5.21. The summed E-state index contributed by atoms with van der Waals surface area (Å²) in [7, 11) is 0. The van der Waals surface area contributed by atoms with Crippen molar-refractivity contribution in [1.82, 2.24) is 10.2 Å². The molecule has 7 heteroatoms. The number of morpholine rings is 1. The van der Waals surface area contributed by atoms with E-state index < -0.39 is 0 Å². The molecule has 2 saturated heterocycles. The summed E-state index contributed by atoms with van der Waals surface area (Å²) >= 11 is 0. The van der Waals surface area contributed by atoms with Gasteiger partial charge in [-0.15, -0.1) is 0 Å². The van der Waals surface area contributed by atoms with Gasteiger partial charge < -0.3 is 19.9 Å². The zero-order valence-corrected chi connectivity index (χ0v) is 18.9. The number of nitrogens with one attached hydrogen (secondary N) is 1. The van der Waals surface area contributed by atoms with E-state index >= 15 is 0 Å². The van der Waals surface area contributed by atoms with Crippen LogP contribution in [0.2, 0.25) is 0 Å². The Morgan fingerprint density at radius 2 is 1.70 bits per heavy atom. The number of hydrogen-bond acceptors (Lipinski definition) is 4. The molecule has 2 aliphatic heterocycles. The molecule has 1 aliphatic carbocycles. The molecule has 2 aromatic rings. The lowest BCUT2D eigenvalue weighted by Gasteiger charge is -2.29. The third-order valence-electron chi connectivity index (χ3n) is 7.33. The third-order valence-corrected chi connectivity index (χ3v) is 7.33. The van der Waals surface area contributed by atoms with Crippen LogP contribution in [0.3, 0.4) is 0 Å². The van der Waals surface area contributed by atoms with Crippen LogP contribution in [0.15, 0.2) is 42.5 Å². The molecule has 2 amide bonds. The van der Waals surface area contributed by atoms with Gasteiger partial charge in [0.05, 0.1) is 18.9 Å². The summed E-state index contributed by atoms with van der Waals surface area (Å²) in [6.07, 6.45) is 0.959. The fourth-order valence-corrected chi connectivity index (χ4v) is 5.21. The highest BCUT2D eigenvalue weighted by atomic mass is 19.1. The van der Waals surface area contributed by atoms with Gasteiger partial charge in [0.1, 0.15) is 5.82 Å². The number of carbonyl (C=O) groups is 2. The summed E-state index contributed by atoms with van der Waals surface area (Å²) in [6, 6.07) is 12.5. The Hall–Kier alpha value is -2.93. The van der Waals surface area contributed by atoms with Crippen LogP contribution in [0.5, 0.6) is 0 Å². The first kappa shape index (κ1) is 21.9. The Morgan fingerprint density at radius 1 is 1.03 bits per heavy atom. The number of hydrogen-bond donors (Lipinski definition) is 1. The van der Waals surface area contributed by atoms with Gasteiger partial charge in [-0.25, -0.2) is 4.39 Å². The van der Waals surface area contributed by atoms with E-state index in [0.29, 0.717) is 61.9 Å². The zero-order valence-electron chi connectivity index (χ0n) is 18.9. The molecule has 3 fully saturated rings. The molecule has 0 spiro atoms. The number of halogens is 1. The van der Waals surface area contributed by atoms with E-state index in [4.69, 9.17) is 4.74 Å². The molecule has 3 aliphatic rings. The van der Waals surface area contributed by atoms with E-state index in [1.54, 1.807) is 12.1 Å². The van der Waals surface area contributed by atoms with E-state index in [-0.39, 0.29) is 17.6 Å². The van der Waals surface area contributed by atoms with Crippen molar-refractivity contribution in [3.05, 3.63) is 65.0 Å². The molecule has 0 bridgehead atoms. The minimum absolute atomic E-state index is 0.0865. The summed E-state index contributed by atoms with van der Waals surface area (Å²) in [5.41, 5.74) is 2.81. The standard InChI is InChI=1S/C26H30FN3O3/c1-2-17-3-5-18(6-4-17)26(32)30-15-21-20(22(21)16-30)14-28-25(31)19-7-8-24(23(27)13-19)29-9-11-33-12-10-29/h3-8,13,20-22H,2,9-12,14-16H2,1H3,(H,28,31). The van der Waals surface area contributed by atoms with Crippen LogP contribution in [-0.4, -0.2) is 62.7 Å². The van der Waals surface area contributed by atoms with E-state index in [0.717, 1.165) is 25.1 Å². The van der Waals surface area contributed by atoms with E-state index in [1.165, 1.54) is 11.6 Å². The lowest BCUT2D eigenvalue weighted by molar-refractivity contribution is 0.0765. The number of carbonyl (C=O) groups excluding carboxylic acids is 2. The number of fused-ring (bicyclic) bond motifs is 1. The first-order chi connectivity index (χ1) is 16.0. The summed E-state index contributed by atoms with van der Waals surface area (Å²) in [5.74, 6) is 0.709. The molecule has 2 aromatic carbocycles. The normalized spacial score (nSPS) is 23.9. The summed E-state index contributed by atoms with van der Waals surface area (Å²) in [4.78, 5) is 29.2. The molecule has 2 heterocycles. The predicted molar refractivity (Wildman–Crippen MR) is 124 cm³/mol. The second kappa shape index (κ2) is 9.14. The number of amides is 2. The zero-order chi connectivity index (χ0) is 22.9. The SMILES string of the molecule is CCc1ccc(C(=O)N2CC3C(CNC(=O)c4ccc(N5CCOCC5)c(F)c4)C3C2)cc1. The Balaban J connectivity index is 1.10. The average molecular weight is 452 g/mol. The Labute approximate surface area is 193 Å². The molecule has 33 heavy (non-hydrogen) atoms. The first-order valence-corrected chi connectivity index (χ1v) is 11.8. The van der Waals surface area contributed by atoms with Gasteiger partial charge in [-0.1, -0.05) is 19.1 Å². The number of likely N-dealkylation sites (tertiary alicyclic amines) is 1. The van der Waals surface area contributed by atoms with Crippen molar-refractivity contribution in [2.24, 2.45) is 17.8 Å². The van der Waals surface area contributed by atoms with Gasteiger partial charge in [-0.2, -0.15) is 0 Å². The Morgan fingerprint density at radius 3 is 2.33 bits per heavy atom. The van der Waals surface area contributed by atoms with Gasteiger partial charge in [0.25, 0.3) is 11.8 Å². The maximum Gasteiger partial charge on any atom is 0.253 e. The van der Waals surface area contributed by atoms with Crippen molar-refractivity contribution < 1.29 is 18.7 Å². The maximum absolute atomic E-state index is 14.6. The van der Waals surface area contributed by atoms with Gasteiger partial charge in [0, 0.05) is 43.9 Å². The van der Waals surface area contributed by atoms with Crippen LogP contribution in [0.4, 0.5) is 10.1 Å². The number of piperidine rings is 1. The van der Waals surface area contributed by atoms with E-state index in [9.17, 15) is 14.0 Å². The molecule has 6 nitrogen and oxygen atoms in total. The summed E-state index contributed by atoms with van der Waals surface area (Å²) in [6.45, 7) is 6.60. The minimum Gasteiger partial charge on any atom is -0.378 e. The van der Waals surface area contributed by atoms with E-state index in [2.05, 4.69) is 12.2 Å². The topological polar surface area (TPSA) is 61.9 Å². The van der Waals surface area contributed by atoms with Crippen molar-refractivity contribution in [3.8, 4) is 0 Å². The van der Waals surface area contributed by atoms with Gasteiger partial charge in [0.2, 0.25) is 0 Å². The predicted octanol–water partition coefficient (Wildman–Crippen LogP) is 2.97. The maximum atomic E-state index is 14.6. The van der Waals surface area contributed by atoms with Gasteiger partial charge >= 0.3 is 0 Å². The molecule has 5 rings (SSSR count). The number of ether oxygens (including phenoxy) is 1. The lowest BCUT2D eigenvalue weighted by atomic mass is 10.1. The number of rotatable bonds is 6. The molecule has 2 atom stereocenters. The first-order valence-electron chi connectivity index (χ1n) is 11.8. The number of benzene rings is 2. The summed E-state index contributed by atoms with van der Waals surface area (Å²) in [5, 5.41) is 2.96. The van der Waals surface area contributed by atoms with Gasteiger partial charge in [0.15, 0.2) is 0 Å². The second-order valence-electron chi connectivity index (χ2n) is 9.23. The number of aryl methyl sites for hydroxylation is 1. The fraction of sp³-hybridized carbons (Fsp3) is 0.462. The van der Waals surface area contributed by atoms with Crippen molar-refractivity contribution in [2.45, 2.75) is 13.3 Å². The number of nitrogens with zero attached hydrogens (tertiary/aromatic N) is 2. The van der Waals surface area contributed by atoms with Gasteiger partial charge in [-0.3, -0.25) is 9.59 Å². The summed E-state index contributed by atoms with van der Waals surface area (Å²) < 4.78 is 19.9. The lowest BCUT2D eigenvalue weighted by Crippen LogP contribution is -2.37. The molecular formula is C26H30FN3O3. The molecule has 0 radical (unpaired) electrons. The minimum atomic E-state index is -0.381. The molecule has 174 valence electrons. The van der Waals surface area contributed by atoms with Crippen LogP contribution in [0.1, 0.15) is 33.2 Å². The molecule has 2 unspecified atom stereocenters. The monoisotopic (exact) mass is 451 g/mol. The van der Waals surface area contributed by atoms with Crippen molar-refractivity contribution in [1.29, 1.82) is 0 Å². The quantitative estimate of drug-likeness (QED) is 0.734. The van der Waals surface area contributed by atoms with Crippen molar-refractivity contribution in [2.75, 3.05) is 50.8 Å². The Bertz CT molecular complexity index is 1020. The molecule has 1 N–H and O–H groups in total. The smallest absolute Gasteiger partial charge is 0.253 e. The molecular weight excluding hydrogens is 421 g/mol. The average Bonchev–Trinajstić information content (AvgIpc) is 3.30. The second-order valence-corrected chi connectivity index (χ2v) is 9.23. The molecule has 1 saturated carbocycles. The number of anilines is 1. The highest BCUT2D eigenvalue weighted by Crippen LogP contribution is 2.51. The van der Waals surface area contributed by atoms with Crippen molar-refractivity contribution >= 4 is 17.5 Å². The van der Waals surface area contributed by atoms with Crippen LogP contribution in [0.25, 0.3) is 0 Å². The largest absolute Gasteiger partial charge is 0.378 e. The highest BCUT2D eigenvalue weighted by molar-refractivity contribution is 5.95. The van der Waals surface area contributed by atoms with Crippen molar-refractivity contribution in [3.63, 3.8) is 0 Å². The van der Waals surface area contributed by atoms with Crippen LogP contribution in [0, 0.1) is 23.6 Å². The van der Waals surface area contributed by atoms with Gasteiger partial charge in [-0.05, 0) is 60.1 Å². The molecule has 0 aromatic heterocycles. The van der Waals surface area contributed by atoms with Crippen LogP contribution >= 0.6 is 0 Å². The third kappa shape index (κ3) is 4.47. The Kier molecular flexibility index (Phi) is 6.06.